The summed E-state index contributed by atoms with van der Waals surface area (Å²) in [5.41, 5.74) is 1.24. The third-order valence-corrected chi connectivity index (χ3v) is 3.23. The molecule has 1 rings (SSSR count). The first-order valence-corrected chi connectivity index (χ1v) is 7.48. The highest BCUT2D eigenvalue weighted by Crippen LogP contribution is 2.09. The molecule has 2 N–H and O–H groups in total. The van der Waals surface area contributed by atoms with Crippen molar-refractivity contribution in [1.82, 2.24) is 10.6 Å². The maximum Gasteiger partial charge on any atom is 0.191 e. The number of nitrogens with one attached hydrogen (secondary N) is 2. The van der Waals surface area contributed by atoms with E-state index < -0.39 is 0 Å². The van der Waals surface area contributed by atoms with E-state index in [4.69, 9.17) is 0 Å². The molecule has 0 amide bonds. The number of rotatable bonds is 8. The first kappa shape index (κ1) is 16.3. The van der Waals surface area contributed by atoms with E-state index in [-0.39, 0.29) is 0 Å². The van der Waals surface area contributed by atoms with Gasteiger partial charge in [0.05, 0.1) is 0 Å². The van der Waals surface area contributed by atoms with Gasteiger partial charge in [0.2, 0.25) is 0 Å². The van der Waals surface area contributed by atoms with Crippen LogP contribution in [-0.4, -0.2) is 39.7 Å². The Balaban J connectivity index is 2.21. The fourth-order valence-electron chi connectivity index (χ4n) is 1.96. The molecule has 4 heteroatoms. The fourth-order valence-corrected chi connectivity index (χ4v) is 1.96. The van der Waals surface area contributed by atoms with Gasteiger partial charge in [-0.15, -0.1) is 0 Å². The Morgan fingerprint density at radius 3 is 2.45 bits per heavy atom. The van der Waals surface area contributed by atoms with Crippen molar-refractivity contribution in [1.29, 1.82) is 0 Å². The summed E-state index contributed by atoms with van der Waals surface area (Å²) >= 11 is 0. The van der Waals surface area contributed by atoms with Crippen molar-refractivity contribution in [3.05, 3.63) is 30.3 Å². The lowest BCUT2D eigenvalue weighted by molar-refractivity contribution is 0.681. The zero-order valence-electron chi connectivity index (χ0n) is 13.0. The number of aliphatic imine (C=N–C) groups is 1. The van der Waals surface area contributed by atoms with E-state index in [0.717, 1.165) is 25.6 Å². The van der Waals surface area contributed by atoms with Gasteiger partial charge >= 0.3 is 0 Å². The molecule has 0 aliphatic heterocycles. The van der Waals surface area contributed by atoms with Crippen LogP contribution in [0.2, 0.25) is 0 Å². The molecule has 4 nitrogen and oxygen atoms in total. The topological polar surface area (TPSA) is 39.7 Å². The molecule has 0 heterocycles. The monoisotopic (exact) mass is 276 g/mol. The smallest absolute Gasteiger partial charge is 0.191 e. The summed E-state index contributed by atoms with van der Waals surface area (Å²) in [6, 6.07) is 10.4. The van der Waals surface area contributed by atoms with Crippen molar-refractivity contribution >= 4 is 11.6 Å². The Hall–Kier alpha value is -1.71. The van der Waals surface area contributed by atoms with Gasteiger partial charge in [-0.05, 0) is 18.6 Å². The van der Waals surface area contributed by atoms with Crippen molar-refractivity contribution in [3.63, 3.8) is 0 Å². The number of hydrogen-bond donors (Lipinski definition) is 2. The molecule has 0 spiro atoms. The van der Waals surface area contributed by atoms with E-state index in [9.17, 15) is 0 Å². The van der Waals surface area contributed by atoms with Crippen LogP contribution in [-0.2, 0) is 0 Å². The molecule has 112 valence electrons. The fraction of sp³-hybridized carbons (Fsp3) is 0.562. The van der Waals surface area contributed by atoms with Gasteiger partial charge in [-0.1, -0.05) is 38.0 Å². The van der Waals surface area contributed by atoms with Crippen molar-refractivity contribution in [3.8, 4) is 0 Å². The van der Waals surface area contributed by atoms with Crippen LogP contribution in [0.5, 0.6) is 0 Å². The van der Waals surface area contributed by atoms with E-state index in [1.54, 1.807) is 0 Å². The molecule has 0 aliphatic carbocycles. The highest BCUT2D eigenvalue weighted by Gasteiger charge is 2.00. The maximum atomic E-state index is 4.23. The van der Waals surface area contributed by atoms with Crippen molar-refractivity contribution in [2.45, 2.75) is 26.2 Å². The van der Waals surface area contributed by atoms with E-state index in [0.29, 0.717) is 0 Å². The van der Waals surface area contributed by atoms with Gasteiger partial charge < -0.3 is 15.5 Å². The van der Waals surface area contributed by atoms with Gasteiger partial charge in [0, 0.05) is 39.4 Å². The number of hydrogen-bond acceptors (Lipinski definition) is 2. The van der Waals surface area contributed by atoms with Crippen LogP contribution in [0, 0.1) is 0 Å². The van der Waals surface area contributed by atoms with Gasteiger partial charge in [-0.3, -0.25) is 4.99 Å². The van der Waals surface area contributed by atoms with Crippen molar-refractivity contribution in [2.24, 2.45) is 4.99 Å². The summed E-state index contributed by atoms with van der Waals surface area (Å²) < 4.78 is 0. The normalized spacial score (nSPS) is 11.2. The Labute approximate surface area is 123 Å². The van der Waals surface area contributed by atoms with E-state index in [1.807, 2.05) is 13.1 Å². The lowest BCUT2D eigenvalue weighted by atomic mass is 10.2. The molecule has 0 saturated heterocycles. The van der Waals surface area contributed by atoms with Gasteiger partial charge in [0.1, 0.15) is 0 Å². The van der Waals surface area contributed by atoms with Crippen LogP contribution in [0.3, 0.4) is 0 Å². The second kappa shape index (κ2) is 10.1. The number of para-hydroxylation sites is 1. The number of benzene rings is 1. The zero-order valence-corrected chi connectivity index (χ0v) is 13.0. The van der Waals surface area contributed by atoms with Crippen molar-refractivity contribution in [2.75, 3.05) is 38.6 Å². The van der Waals surface area contributed by atoms with Crippen LogP contribution in [0.4, 0.5) is 5.69 Å². The predicted molar refractivity (Wildman–Crippen MR) is 88.6 cm³/mol. The second-order valence-corrected chi connectivity index (χ2v) is 4.89. The van der Waals surface area contributed by atoms with Crippen LogP contribution in [0.1, 0.15) is 26.2 Å². The first-order chi connectivity index (χ1) is 9.77. The van der Waals surface area contributed by atoms with Crippen LogP contribution < -0.4 is 15.5 Å². The molecular formula is C16H28N4. The average Bonchev–Trinajstić information content (AvgIpc) is 2.50. The largest absolute Gasteiger partial charge is 0.373 e. The number of nitrogens with zero attached hydrogens (tertiary/aromatic N) is 2. The number of guanidine groups is 1. The SMILES string of the molecule is CCCCCNC(=NC)NCCN(C)c1ccccc1. The molecule has 0 fully saturated rings. The molecule has 0 aromatic heterocycles. The third kappa shape index (κ3) is 6.45. The zero-order chi connectivity index (χ0) is 14.6. The lowest BCUT2D eigenvalue weighted by Gasteiger charge is -2.20. The summed E-state index contributed by atoms with van der Waals surface area (Å²) in [6.45, 7) is 5.02. The maximum absolute atomic E-state index is 4.23. The number of unbranched alkanes of at least 4 members (excludes halogenated alkanes) is 2. The molecule has 0 atom stereocenters. The summed E-state index contributed by atoms with van der Waals surface area (Å²) in [4.78, 5) is 6.46. The van der Waals surface area contributed by atoms with E-state index in [2.05, 4.69) is 58.8 Å². The second-order valence-electron chi connectivity index (χ2n) is 4.89. The Morgan fingerprint density at radius 2 is 1.80 bits per heavy atom. The minimum atomic E-state index is 0.874. The molecule has 20 heavy (non-hydrogen) atoms. The Morgan fingerprint density at radius 1 is 1.10 bits per heavy atom. The summed E-state index contributed by atoms with van der Waals surface area (Å²) in [5, 5.41) is 6.68. The molecule has 0 unspecified atom stereocenters. The number of anilines is 1. The molecule has 1 aromatic rings. The van der Waals surface area contributed by atoms with Crippen LogP contribution in [0.25, 0.3) is 0 Å². The summed E-state index contributed by atoms with van der Waals surface area (Å²) in [5.74, 6) is 0.891. The minimum absolute atomic E-state index is 0.874. The molecular weight excluding hydrogens is 248 g/mol. The molecule has 0 radical (unpaired) electrons. The Bertz CT molecular complexity index is 375. The first-order valence-electron chi connectivity index (χ1n) is 7.48. The third-order valence-electron chi connectivity index (χ3n) is 3.23. The average molecular weight is 276 g/mol. The highest BCUT2D eigenvalue weighted by atomic mass is 15.2. The van der Waals surface area contributed by atoms with E-state index >= 15 is 0 Å². The Kier molecular flexibility index (Phi) is 8.27. The number of likely N-dealkylation sites (N-methyl/N-ethyl adjacent to an activating group) is 1. The van der Waals surface area contributed by atoms with Crippen molar-refractivity contribution < 1.29 is 0 Å². The van der Waals surface area contributed by atoms with Crippen LogP contribution >= 0.6 is 0 Å². The van der Waals surface area contributed by atoms with Gasteiger partial charge in [-0.25, -0.2) is 0 Å². The molecule has 0 aliphatic rings. The van der Waals surface area contributed by atoms with Crippen LogP contribution in [0.15, 0.2) is 35.3 Å². The molecule has 1 aromatic carbocycles. The quantitative estimate of drug-likeness (QED) is 0.435. The highest BCUT2D eigenvalue weighted by molar-refractivity contribution is 5.79. The summed E-state index contributed by atoms with van der Waals surface area (Å²) in [7, 11) is 3.92. The van der Waals surface area contributed by atoms with E-state index in [1.165, 1.54) is 24.9 Å². The predicted octanol–water partition coefficient (Wildman–Crippen LogP) is 2.48. The summed E-state index contributed by atoms with van der Waals surface area (Å²) in [6.07, 6.45) is 3.71. The van der Waals surface area contributed by atoms with Gasteiger partial charge in [0.15, 0.2) is 5.96 Å². The lowest BCUT2D eigenvalue weighted by Crippen LogP contribution is -2.41. The van der Waals surface area contributed by atoms with Gasteiger partial charge in [-0.2, -0.15) is 0 Å². The van der Waals surface area contributed by atoms with Gasteiger partial charge in [0.25, 0.3) is 0 Å². The molecule has 0 bridgehead atoms. The minimum Gasteiger partial charge on any atom is -0.373 e. The molecule has 0 saturated carbocycles. The standard InChI is InChI=1S/C16H28N4/c1-4-5-9-12-18-16(17-2)19-13-14-20(3)15-10-7-6-8-11-15/h6-8,10-11H,4-5,9,12-14H2,1-3H3,(H2,17,18,19).